The van der Waals surface area contributed by atoms with Crippen molar-refractivity contribution < 1.29 is 9.47 Å². The van der Waals surface area contributed by atoms with E-state index >= 15 is 0 Å². The van der Waals surface area contributed by atoms with E-state index in [4.69, 9.17) is 9.47 Å². The van der Waals surface area contributed by atoms with Crippen LogP contribution in [-0.4, -0.2) is 25.8 Å². The van der Waals surface area contributed by atoms with Crippen LogP contribution in [0.3, 0.4) is 0 Å². The zero-order valence-corrected chi connectivity index (χ0v) is 8.49. The van der Waals surface area contributed by atoms with Gasteiger partial charge in [-0.05, 0) is 26.1 Å². The topological polar surface area (TPSA) is 30.5 Å². The van der Waals surface area contributed by atoms with E-state index in [1.165, 1.54) is 0 Å². The highest BCUT2D eigenvalue weighted by atomic mass is 16.6. The molecule has 76 valence electrons. The molecule has 2 atom stereocenters. The number of hydrogen-bond acceptors (Lipinski definition) is 3. The van der Waals surface area contributed by atoms with E-state index < -0.39 is 0 Å². The average Bonchev–Trinajstić information content (AvgIpc) is 2.27. The Balaban J connectivity index is 2.13. The van der Waals surface area contributed by atoms with Crippen LogP contribution in [0.2, 0.25) is 0 Å². The van der Waals surface area contributed by atoms with Gasteiger partial charge in [0.2, 0.25) is 0 Å². The minimum absolute atomic E-state index is 0.0925. The lowest BCUT2D eigenvalue weighted by Crippen LogP contribution is -2.44. The van der Waals surface area contributed by atoms with Crippen molar-refractivity contribution in [2.24, 2.45) is 0 Å². The predicted molar refractivity (Wildman–Crippen MR) is 54.9 cm³/mol. The number of benzene rings is 1. The molecule has 0 saturated heterocycles. The van der Waals surface area contributed by atoms with Gasteiger partial charge in [-0.3, -0.25) is 0 Å². The van der Waals surface area contributed by atoms with E-state index in [1.54, 1.807) is 0 Å². The smallest absolute Gasteiger partial charge is 0.161 e. The lowest BCUT2D eigenvalue weighted by molar-refractivity contribution is 0.0688. The summed E-state index contributed by atoms with van der Waals surface area (Å²) in [6.07, 6.45) is 0.0925. The molecule has 0 saturated carbocycles. The molecule has 0 radical (unpaired) electrons. The molecule has 0 aliphatic carbocycles. The van der Waals surface area contributed by atoms with Crippen LogP contribution >= 0.6 is 0 Å². The maximum atomic E-state index is 5.80. The lowest BCUT2D eigenvalue weighted by atomic mass is 10.2. The lowest BCUT2D eigenvalue weighted by Gasteiger charge is -2.30. The monoisotopic (exact) mass is 193 g/mol. The summed E-state index contributed by atoms with van der Waals surface area (Å²) >= 11 is 0. The number of nitrogens with one attached hydrogen (secondary N) is 1. The molecular formula is C11H15NO2. The standard InChI is InChI=1S/C11H15NO2/c1-8(12-2)11-7-13-9-5-3-4-6-10(9)14-11/h3-6,8,11-12H,7H2,1-2H3/t8-,11+/m1/s1. The summed E-state index contributed by atoms with van der Waals surface area (Å²) in [6, 6.07) is 8.06. The number of hydrogen-bond donors (Lipinski definition) is 1. The summed E-state index contributed by atoms with van der Waals surface area (Å²) in [7, 11) is 1.93. The first-order chi connectivity index (χ1) is 6.81. The summed E-state index contributed by atoms with van der Waals surface area (Å²) in [5.74, 6) is 1.68. The fourth-order valence-electron chi connectivity index (χ4n) is 1.47. The van der Waals surface area contributed by atoms with E-state index in [1.807, 2.05) is 31.3 Å². The van der Waals surface area contributed by atoms with Crippen LogP contribution < -0.4 is 14.8 Å². The van der Waals surface area contributed by atoms with Gasteiger partial charge < -0.3 is 14.8 Å². The van der Waals surface area contributed by atoms with Crippen molar-refractivity contribution in [3.8, 4) is 11.5 Å². The fourth-order valence-corrected chi connectivity index (χ4v) is 1.47. The van der Waals surface area contributed by atoms with Crippen LogP contribution in [0.15, 0.2) is 24.3 Å². The molecular weight excluding hydrogens is 178 g/mol. The Morgan fingerprint density at radius 3 is 2.79 bits per heavy atom. The van der Waals surface area contributed by atoms with Crippen LogP contribution in [0.1, 0.15) is 6.92 Å². The second kappa shape index (κ2) is 3.88. The quantitative estimate of drug-likeness (QED) is 0.770. The number of fused-ring (bicyclic) bond motifs is 1. The van der Waals surface area contributed by atoms with Gasteiger partial charge in [0, 0.05) is 6.04 Å². The summed E-state index contributed by atoms with van der Waals surface area (Å²) in [6.45, 7) is 2.70. The van der Waals surface area contributed by atoms with Crippen LogP contribution in [0.25, 0.3) is 0 Å². The first kappa shape index (κ1) is 9.34. The molecule has 1 aromatic carbocycles. The average molecular weight is 193 g/mol. The van der Waals surface area contributed by atoms with E-state index in [-0.39, 0.29) is 6.10 Å². The zero-order valence-electron chi connectivity index (χ0n) is 8.49. The molecule has 1 aromatic rings. The number of rotatable bonds is 2. The molecule has 14 heavy (non-hydrogen) atoms. The van der Waals surface area contributed by atoms with Crippen LogP contribution in [0, 0.1) is 0 Å². The third-order valence-corrected chi connectivity index (χ3v) is 2.54. The minimum atomic E-state index is 0.0925. The Labute approximate surface area is 84.0 Å². The zero-order chi connectivity index (χ0) is 9.97. The molecule has 3 heteroatoms. The van der Waals surface area contributed by atoms with Crippen molar-refractivity contribution in [3.63, 3.8) is 0 Å². The Hall–Kier alpha value is -1.22. The maximum absolute atomic E-state index is 5.80. The summed E-state index contributed by atoms with van der Waals surface area (Å²) < 4.78 is 11.4. The first-order valence-electron chi connectivity index (χ1n) is 4.87. The molecule has 0 amide bonds. The molecule has 0 bridgehead atoms. The van der Waals surface area contributed by atoms with Gasteiger partial charge in [-0.2, -0.15) is 0 Å². The van der Waals surface area contributed by atoms with Gasteiger partial charge in [-0.1, -0.05) is 12.1 Å². The van der Waals surface area contributed by atoms with Crippen molar-refractivity contribution in [2.75, 3.05) is 13.7 Å². The Morgan fingerprint density at radius 1 is 1.36 bits per heavy atom. The summed E-state index contributed by atoms with van der Waals surface area (Å²) in [4.78, 5) is 0. The van der Waals surface area contributed by atoms with Gasteiger partial charge in [-0.25, -0.2) is 0 Å². The van der Waals surface area contributed by atoms with Gasteiger partial charge in [0.25, 0.3) is 0 Å². The summed E-state index contributed by atoms with van der Waals surface area (Å²) in [5.41, 5.74) is 0. The van der Waals surface area contributed by atoms with E-state index in [2.05, 4.69) is 12.2 Å². The van der Waals surface area contributed by atoms with Crippen LogP contribution in [0.4, 0.5) is 0 Å². The molecule has 0 spiro atoms. The largest absolute Gasteiger partial charge is 0.486 e. The van der Waals surface area contributed by atoms with Crippen molar-refractivity contribution in [1.82, 2.24) is 5.32 Å². The number of likely N-dealkylation sites (N-methyl/N-ethyl adjacent to an activating group) is 1. The molecule has 1 heterocycles. The molecule has 0 unspecified atom stereocenters. The maximum Gasteiger partial charge on any atom is 0.161 e. The second-order valence-electron chi connectivity index (χ2n) is 3.49. The van der Waals surface area contributed by atoms with Gasteiger partial charge in [0.15, 0.2) is 11.5 Å². The molecule has 1 N–H and O–H groups in total. The van der Waals surface area contributed by atoms with E-state index in [9.17, 15) is 0 Å². The van der Waals surface area contributed by atoms with E-state index in [0.717, 1.165) is 11.5 Å². The molecule has 3 nitrogen and oxygen atoms in total. The van der Waals surface area contributed by atoms with E-state index in [0.29, 0.717) is 12.6 Å². The SMILES string of the molecule is CN[C@H](C)[C@@H]1COc2ccccc2O1. The molecule has 2 rings (SSSR count). The third kappa shape index (κ3) is 1.68. The molecule has 1 aliphatic rings. The second-order valence-corrected chi connectivity index (χ2v) is 3.49. The molecule has 0 fully saturated rings. The summed E-state index contributed by atoms with van der Waals surface area (Å²) in [5, 5.41) is 3.16. The normalized spacial score (nSPS) is 21.7. The third-order valence-electron chi connectivity index (χ3n) is 2.54. The van der Waals surface area contributed by atoms with Crippen molar-refractivity contribution in [1.29, 1.82) is 0 Å². The number of para-hydroxylation sites is 2. The highest BCUT2D eigenvalue weighted by Gasteiger charge is 2.24. The Morgan fingerprint density at radius 2 is 2.07 bits per heavy atom. The predicted octanol–water partition coefficient (Wildman–Crippen LogP) is 1.43. The Bertz CT molecular complexity index is 314. The molecule has 1 aliphatic heterocycles. The van der Waals surface area contributed by atoms with Crippen molar-refractivity contribution >= 4 is 0 Å². The van der Waals surface area contributed by atoms with Crippen LogP contribution in [0.5, 0.6) is 11.5 Å². The molecule has 0 aromatic heterocycles. The van der Waals surface area contributed by atoms with Crippen molar-refractivity contribution in [3.05, 3.63) is 24.3 Å². The van der Waals surface area contributed by atoms with Gasteiger partial charge in [-0.15, -0.1) is 0 Å². The fraction of sp³-hybridized carbons (Fsp3) is 0.455. The highest BCUT2D eigenvalue weighted by Crippen LogP contribution is 2.31. The van der Waals surface area contributed by atoms with Gasteiger partial charge >= 0.3 is 0 Å². The highest BCUT2D eigenvalue weighted by molar-refractivity contribution is 5.40. The van der Waals surface area contributed by atoms with Gasteiger partial charge in [0.1, 0.15) is 12.7 Å². The van der Waals surface area contributed by atoms with Crippen molar-refractivity contribution in [2.45, 2.75) is 19.1 Å². The number of ether oxygens (including phenoxy) is 2. The minimum Gasteiger partial charge on any atom is -0.486 e. The first-order valence-corrected chi connectivity index (χ1v) is 4.87. The Kier molecular flexibility index (Phi) is 2.59. The van der Waals surface area contributed by atoms with Crippen LogP contribution in [-0.2, 0) is 0 Å². The van der Waals surface area contributed by atoms with Gasteiger partial charge in [0.05, 0.1) is 0 Å².